The summed E-state index contributed by atoms with van der Waals surface area (Å²) in [5.41, 5.74) is 4.88. The standard InChI is InChI=1S/C13H24N2O2S/c1-6-13(4,10(14)18)11(16)15-8-7-9(17-5)12(8,2)3/h8-9H,6-7H2,1-5H3,(H2,14,18)(H,15,16). The van der Waals surface area contributed by atoms with Gasteiger partial charge < -0.3 is 15.8 Å². The van der Waals surface area contributed by atoms with Crippen molar-refractivity contribution in [3.63, 3.8) is 0 Å². The first kappa shape index (κ1) is 15.4. The van der Waals surface area contributed by atoms with Gasteiger partial charge in [0.1, 0.15) is 0 Å². The quantitative estimate of drug-likeness (QED) is 0.747. The summed E-state index contributed by atoms with van der Waals surface area (Å²) in [5, 5.41) is 3.06. The van der Waals surface area contributed by atoms with Crippen LogP contribution in [0.5, 0.6) is 0 Å². The number of ether oxygens (including phenoxy) is 1. The van der Waals surface area contributed by atoms with Gasteiger partial charge in [0.05, 0.1) is 16.5 Å². The number of methoxy groups -OCH3 is 1. The lowest BCUT2D eigenvalue weighted by Gasteiger charge is -2.51. The Bertz CT molecular complexity index is 357. The third-order valence-corrected chi connectivity index (χ3v) is 4.97. The SMILES string of the molecule is CCC(C)(C(=O)NC1CC(OC)C1(C)C)C(N)=S. The molecule has 0 bridgehead atoms. The lowest BCUT2D eigenvalue weighted by Crippen LogP contribution is -2.64. The van der Waals surface area contributed by atoms with E-state index in [4.69, 9.17) is 22.7 Å². The predicted octanol–water partition coefficient (Wildman–Crippen LogP) is 1.62. The highest BCUT2D eigenvalue weighted by Gasteiger charge is 2.50. The van der Waals surface area contributed by atoms with Crippen LogP contribution in [0, 0.1) is 10.8 Å². The van der Waals surface area contributed by atoms with Crippen molar-refractivity contribution in [3.8, 4) is 0 Å². The summed E-state index contributed by atoms with van der Waals surface area (Å²) in [4.78, 5) is 12.6. The molecule has 0 radical (unpaired) electrons. The van der Waals surface area contributed by atoms with Gasteiger partial charge in [-0.2, -0.15) is 0 Å². The van der Waals surface area contributed by atoms with Gasteiger partial charge in [0, 0.05) is 18.6 Å². The molecule has 5 heteroatoms. The fraction of sp³-hybridized carbons (Fsp3) is 0.846. The maximum absolute atomic E-state index is 12.3. The molecule has 0 spiro atoms. The lowest BCUT2D eigenvalue weighted by atomic mass is 9.64. The molecule has 3 unspecified atom stereocenters. The lowest BCUT2D eigenvalue weighted by molar-refractivity contribution is -0.138. The number of carbonyl (C=O) groups excluding carboxylic acids is 1. The van der Waals surface area contributed by atoms with Crippen molar-refractivity contribution in [2.45, 2.75) is 52.7 Å². The van der Waals surface area contributed by atoms with Crippen LogP contribution >= 0.6 is 12.2 Å². The van der Waals surface area contributed by atoms with E-state index < -0.39 is 5.41 Å². The Morgan fingerprint density at radius 1 is 1.61 bits per heavy atom. The van der Waals surface area contributed by atoms with Crippen molar-refractivity contribution in [1.82, 2.24) is 5.32 Å². The maximum atomic E-state index is 12.3. The van der Waals surface area contributed by atoms with E-state index in [2.05, 4.69) is 19.2 Å². The summed E-state index contributed by atoms with van der Waals surface area (Å²) in [6.07, 6.45) is 1.64. The number of thiocarbonyl (C=S) groups is 1. The van der Waals surface area contributed by atoms with E-state index in [1.165, 1.54) is 0 Å². The summed E-state index contributed by atoms with van der Waals surface area (Å²) in [6.45, 7) is 7.91. The molecule has 0 aromatic carbocycles. The number of carbonyl (C=O) groups is 1. The molecule has 0 saturated heterocycles. The van der Waals surface area contributed by atoms with Crippen LogP contribution in [0.3, 0.4) is 0 Å². The minimum absolute atomic E-state index is 0.0464. The Balaban J connectivity index is 2.70. The molecular formula is C13H24N2O2S. The van der Waals surface area contributed by atoms with Crippen LogP contribution in [-0.4, -0.2) is 30.2 Å². The first-order valence-electron chi connectivity index (χ1n) is 6.33. The fourth-order valence-corrected chi connectivity index (χ4v) is 2.53. The molecule has 3 atom stereocenters. The van der Waals surface area contributed by atoms with Crippen molar-refractivity contribution in [2.75, 3.05) is 7.11 Å². The zero-order chi connectivity index (χ0) is 14.1. The second kappa shape index (κ2) is 5.13. The zero-order valence-electron chi connectivity index (χ0n) is 11.9. The largest absolute Gasteiger partial charge is 0.392 e. The van der Waals surface area contributed by atoms with Gasteiger partial charge in [-0.05, 0) is 19.8 Å². The second-order valence-electron chi connectivity index (χ2n) is 5.86. The molecule has 1 aliphatic rings. The van der Waals surface area contributed by atoms with Crippen LogP contribution in [0.1, 0.15) is 40.5 Å². The molecule has 1 rings (SSSR count). The van der Waals surface area contributed by atoms with Crippen molar-refractivity contribution < 1.29 is 9.53 Å². The summed E-state index contributed by atoms with van der Waals surface area (Å²) in [5.74, 6) is -0.0786. The van der Waals surface area contributed by atoms with E-state index in [0.717, 1.165) is 6.42 Å². The minimum Gasteiger partial charge on any atom is -0.392 e. The molecule has 18 heavy (non-hydrogen) atoms. The highest BCUT2D eigenvalue weighted by molar-refractivity contribution is 7.80. The summed E-state index contributed by atoms with van der Waals surface area (Å²) >= 11 is 5.01. The van der Waals surface area contributed by atoms with Gasteiger partial charge in [0.15, 0.2) is 0 Å². The molecule has 0 aliphatic heterocycles. The molecule has 1 amide bonds. The second-order valence-corrected chi connectivity index (χ2v) is 6.30. The van der Waals surface area contributed by atoms with Gasteiger partial charge in [-0.15, -0.1) is 0 Å². The van der Waals surface area contributed by atoms with Gasteiger partial charge in [-0.25, -0.2) is 0 Å². The van der Waals surface area contributed by atoms with Crippen LogP contribution in [-0.2, 0) is 9.53 Å². The third-order valence-electron chi connectivity index (χ3n) is 4.52. The first-order chi connectivity index (χ1) is 8.20. The normalized spacial score (nSPS) is 28.9. The number of nitrogens with two attached hydrogens (primary N) is 1. The molecule has 0 aromatic rings. The summed E-state index contributed by atoms with van der Waals surface area (Å²) < 4.78 is 5.37. The van der Waals surface area contributed by atoms with Gasteiger partial charge in [-0.3, -0.25) is 4.79 Å². The van der Waals surface area contributed by atoms with Gasteiger partial charge in [0.2, 0.25) is 5.91 Å². The molecule has 0 aromatic heterocycles. The Kier molecular flexibility index (Phi) is 4.38. The average molecular weight is 272 g/mol. The van der Waals surface area contributed by atoms with Gasteiger partial charge in [-0.1, -0.05) is 33.0 Å². The number of nitrogens with one attached hydrogen (secondary N) is 1. The van der Waals surface area contributed by atoms with E-state index in [1.54, 1.807) is 14.0 Å². The van der Waals surface area contributed by atoms with Crippen LogP contribution in [0.2, 0.25) is 0 Å². The number of hydrogen-bond donors (Lipinski definition) is 2. The van der Waals surface area contributed by atoms with E-state index >= 15 is 0 Å². The smallest absolute Gasteiger partial charge is 0.232 e. The summed E-state index contributed by atoms with van der Waals surface area (Å²) in [6, 6.07) is 0.121. The van der Waals surface area contributed by atoms with E-state index in [0.29, 0.717) is 6.42 Å². The molecule has 1 aliphatic carbocycles. The molecule has 3 N–H and O–H groups in total. The highest BCUT2D eigenvalue weighted by atomic mass is 32.1. The predicted molar refractivity (Wildman–Crippen MR) is 76.3 cm³/mol. The van der Waals surface area contributed by atoms with Crippen LogP contribution in [0.4, 0.5) is 0 Å². The van der Waals surface area contributed by atoms with E-state index in [-0.39, 0.29) is 28.5 Å². The van der Waals surface area contributed by atoms with E-state index in [1.807, 2.05) is 6.92 Å². The molecule has 104 valence electrons. The zero-order valence-corrected chi connectivity index (χ0v) is 12.7. The van der Waals surface area contributed by atoms with Gasteiger partial charge in [0.25, 0.3) is 0 Å². The number of rotatable bonds is 5. The van der Waals surface area contributed by atoms with Crippen molar-refractivity contribution >= 4 is 23.1 Å². The fourth-order valence-electron chi connectivity index (χ4n) is 2.29. The Labute approximate surface area is 115 Å². The molecule has 4 nitrogen and oxygen atoms in total. The van der Waals surface area contributed by atoms with Crippen LogP contribution in [0.25, 0.3) is 0 Å². The Morgan fingerprint density at radius 3 is 2.50 bits per heavy atom. The maximum Gasteiger partial charge on any atom is 0.232 e. The Morgan fingerprint density at radius 2 is 2.17 bits per heavy atom. The minimum atomic E-state index is -0.760. The molecule has 1 fully saturated rings. The molecule has 0 heterocycles. The molecule has 1 saturated carbocycles. The Hall–Kier alpha value is -0.680. The van der Waals surface area contributed by atoms with Crippen LogP contribution in [0.15, 0.2) is 0 Å². The van der Waals surface area contributed by atoms with E-state index in [9.17, 15) is 4.79 Å². The monoisotopic (exact) mass is 272 g/mol. The first-order valence-corrected chi connectivity index (χ1v) is 6.74. The van der Waals surface area contributed by atoms with Crippen LogP contribution < -0.4 is 11.1 Å². The summed E-state index contributed by atoms with van der Waals surface area (Å²) in [7, 11) is 1.70. The molecular weight excluding hydrogens is 248 g/mol. The third kappa shape index (κ3) is 2.38. The van der Waals surface area contributed by atoms with Gasteiger partial charge >= 0.3 is 0 Å². The highest BCUT2D eigenvalue weighted by Crippen LogP contribution is 2.42. The number of hydrogen-bond acceptors (Lipinski definition) is 3. The van der Waals surface area contributed by atoms with Crippen molar-refractivity contribution in [3.05, 3.63) is 0 Å². The topological polar surface area (TPSA) is 64.3 Å². The van der Waals surface area contributed by atoms with Crippen molar-refractivity contribution in [1.29, 1.82) is 0 Å². The number of amides is 1. The average Bonchev–Trinajstić information content (AvgIpc) is 2.31. The van der Waals surface area contributed by atoms with Crippen molar-refractivity contribution in [2.24, 2.45) is 16.6 Å².